The molecule has 2 heterocycles. The van der Waals surface area contributed by atoms with E-state index in [9.17, 15) is 14.4 Å². The minimum atomic E-state index is -0.773. The van der Waals surface area contributed by atoms with Crippen LogP contribution in [0.15, 0.2) is 0 Å². The third kappa shape index (κ3) is 7.23. The minimum absolute atomic E-state index is 0.0956. The Labute approximate surface area is 199 Å². The lowest BCUT2D eigenvalue weighted by atomic mass is 9.86. The molecule has 0 saturated carbocycles. The highest BCUT2D eigenvalue weighted by Gasteiger charge is 2.41. The average molecular weight is 468 g/mol. The molecular weight excluding hydrogens is 422 g/mol. The molecule has 2 atom stereocenters. The third-order valence-electron chi connectivity index (χ3n) is 8.02. The van der Waals surface area contributed by atoms with Gasteiger partial charge in [-0.2, -0.15) is 0 Å². The van der Waals surface area contributed by atoms with Crippen LogP contribution in [0.3, 0.4) is 0 Å². The number of hydrogen-bond acceptors (Lipinski definition) is 7. The van der Waals surface area contributed by atoms with Gasteiger partial charge in [0.25, 0.3) is 0 Å². The number of ether oxygens (including phenoxy) is 2. The van der Waals surface area contributed by atoms with Crippen LogP contribution in [0, 0.1) is 5.92 Å². The summed E-state index contributed by atoms with van der Waals surface area (Å²) in [4.78, 5) is 44.5. The van der Waals surface area contributed by atoms with Gasteiger partial charge in [0.1, 0.15) is 18.3 Å². The van der Waals surface area contributed by atoms with Crippen molar-refractivity contribution < 1.29 is 23.9 Å². The van der Waals surface area contributed by atoms with Crippen LogP contribution in [-0.2, 0) is 23.9 Å². The molecule has 0 bridgehead atoms. The third-order valence-corrected chi connectivity index (χ3v) is 8.02. The van der Waals surface area contributed by atoms with E-state index >= 15 is 0 Å². The molecule has 2 fully saturated rings. The molecule has 0 aromatic heterocycles. The molecule has 1 amide bonds. The van der Waals surface area contributed by atoms with Crippen molar-refractivity contribution >= 4 is 17.7 Å². The Bertz CT molecular complexity index is 673. The summed E-state index contributed by atoms with van der Waals surface area (Å²) < 4.78 is 11.5. The van der Waals surface area contributed by atoms with Crippen LogP contribution in [0.1, 0.15) is 66.2 Å². The van der Waals surface area contributed by atoms with Gasteiger partial charge in [-0.1, -0.05) is 13.8 Å². The molecule has 0 aromatic rings. The maximum Gasteiger partial charge on any atom is 0.316 e. The average Bonchev–Trinajstić information content (AvgIpc) is 2.83. The number of carbonyl (C=O) groups is 3. The second-order valence-electron chi connectivity index (χ2n) is 10.0. The quantitative estimate of drug-likeness (QED) is 0.454. The van der Waals surface area contributed by atoms with Crippen LogP contribution >= 0.6 is 0 Å². The largest absolute Gasteiger partial charge is 0.463 e. The molecule has 190 valence electrons. The highest BCUT2D eigenvalue weighted by molar-refractivity contribution is 5.98. The van der Waals surface area contributed by atoms with Crippen LogP contribution in [-0.4, -0.2) is 104 Å². The number of esters is 1. The normalized spacial score (nSPS) is 28.2. The van der Waals surface area contributed by atoms with Gasteiger partial charge in [0.2, 0.25) is 5.91 Å². The number of likely N-dealkylation sites (tertiary alicyclic amines) is 1. The molecule has 1 spiro atoms. The smallest absolute Gasteiger partial charge is 0.316 e. The molecule has 33 heavy (non-hydrogen) atoms. The lowest BCUT2D eigenvalue weighted by Gasteiger charge is -2.47. The van der Waals surface area contributed by atoms with E-state index in [1.165, 1.54) is 0 Å². The van der Waals surface area contributed by atoms with E-state index in [1.807, 2.05) is 11.8 Å². The summed E-state index contributed by atoms with van der Waals surface area (Å²) in [6.07, 6.45) is 4.15. The van der Waals surface area contributed by atoms with E-state index in [0.29, 0.717) is 32.5 Å². The van der Waals surface area contributed by atoms with Gasteiger partial charge in [-0.15, -0.1) is 0 Å². The summed E-state index contributed by atoms with van der Waals surface area (Å²) >= 11 is 0. The number of cyclic esters (lactones) is 1. The van der Waals surface area contributed by atoms with E-state index in [1.54, 1.807) is 14.0 Å². The first kappa shape index (κ1) is 27.7. The maximum absolute atomic E-state index is 12.8. The fourth-order valence-corrected chi connectivity index (χ4v) is 4.87. The van der Waals surface area contributed by atoms with Gasteiger partial charge in [-0.05, 0) is 72.6 Å². The van der Waals surface area contributed by atoms with Gasteiger partial charge in [0.05, 0.1) is 17.7 Å². The van der Waals surface area contributed by atoms with E-state index in [0.717, 1.165) is 45.3 Å². The summed E-state index contributed by atoms with van der Waals surface area (Å²) in [5, 5.41) is 0. The number of rotatable bonds is 5. The molecular formula is C25H45N3O5. The first-order valence-corrected chi connectivity index (χ1v) is 12.6. The monoisotopic (exact) mass is 467 g/mol. The van der Waals surface area contributed by atoms with Gasteiger partial charge in [-0.3, -0.25) is 24.2 Å². The molecule has 0 radical (unpaired) electrons. The van der Waals surface area contributed by atoms with E-state index in [4.69, 9.17) is 9.47 Å². The number of ketones is 1. The number of likely N-dealkylation sites (N-methyl/N-ethyl adjacent to an activating group) is 2. The first-order valence-electron chi connectivity index (χ1n) is 12.6. The lowest BCUT2D eigenvalue weighted by molar-refractivity contribution is -0.157. The molecule has 0 N–H and O–H groups in total. The van der Waals surface area contributed by atoms with E-state index < -0.39 is 11.9 Å². The minimum Gasteiger partial charge on any atom is -0.463 e. The summed E-state index contributed by atoms with van der Waals surface area (Å²) in [7, 11) is 3.77. The van der Waals surface area contributed by atoms with Crippen molar-refractivity contribution in [3.05, 3.63) is 0 Å². The Hall–Kier alpha value is -1.51. The molecule has 8 nitrogen and oxygen atoms in total. The van der Waals surface area contributed by atoms with E-state index in [2.05, 4.69) is 30.7 Å². The number of amides is 1. The maximum atomic E-state index is 12.8. The summed E-state index contributed by atoms with van der Waals surface area (Å²) in [6.45, 7) is 12.4. The van der Waals surface area contributed by atoms with Crippen molar-refractivity contribution in [2.45, 2.75) is 77.4 Å². The van der Waals surface area contributed by atoms with Crippen LogP contribution < -0.4 is 0 Å². The SMILES string of the molecule is CCN(CC)CC(=O)N1CCC2(CC1)COC(=O)C(C)C(=O)CC[C@](C)(OC)CCCN2C. The van der Waals surface area contributed by atoms with Crippen LogP contribution in [0.4, 0.5) is 0 Å². The van der Waals surface area contributed by atoms with Crippen LogP contribution in [0.5, 0.6) is 0 Å². The second-order valence-corrected chi connectivity index (χ2v) is 10.0. The number of piperidine rings is 1. The molecule has 2 aliphatic rings. The zero-order valence-electron chi connectivity index (χ0n) is 21.7. The lowest BCUT2D eigenvalue weighted by Crippen LogP contribution is -2.58. The fraction of sp³-hybridized carbons (Fsp3) is 0.880. The Morgan fingerprint density at radius 3 is 2.33 bits per heavy atom. The first-order chi connectivity index (χ1) is 15.6. The number of methoxy groups -OCH3 is 1. The van der Waals surface area contributed by atoms with Crippen molar-refractivity contribution in [3.63, 3.8) is 0 Å². The second kappa shape index (κ2) is 12.3. The van der Waals surface area contributed by atoms with Gasteiger partial charge >= 0.3 is 5.97 Å². The Balaban J connectivity index is 2.14. The Morgan fingerprint density at radius 1 is 1.12 bits per heavy atom. The van der Waals surface area contributed by atoms with Gasteiger partial charge < -0.3 is 14.4 Å². The predicted octanol–water partition coefficient (Wildman–Crippen LogP) is 2.35. The van der Waals surface area contributed by atoms with Gasteiger partial charge in [0, 0.05) is 26.6 Å². The number of carbonyl (C=O) groups excluding carboxylic acids is 3. The van der Waals surface area contributed by atoms with E-state index in [-0.39, 0.29) is 29.4 Å². The highest BCUT2D eigenvalue weighted by atomic mass is 16.5. The van der Waals surface area contributed by atoms with Gasteiger partial charge in [-0.25, -0.2) is 0 Å². The number of hydrogen-bond donors (Lipinski definition) is 0. The molecule has 2 saturated heterocycles. The topological polar surface area (TPSA) is 79.4 Å². The van der Waals surface area contributed by atoms with Crippen molar-refractivity contribution in [1.82, 2.24) is 14.7 Å². The zero-order chi connectivity index (χ0) is 24.6. The summed E-state index contributed by atoms with van der Waals surface area (Å²) in [5.41, 5.74) is -0.719. The molecule has 0 aromatic carbocycles. The molecule has 8 heteroatoms. The molecule has 0 aliphatic carbocycles. The Kier molecular flexibility index (Phi) is 10.3. The number of Topliss-reactive ketones (excluding diaryl/α,β-unsaturated/α-hetero) is 1. The van der Waals surface area contributed by atoms with Crippen molar-refractivity contribution in [2.24, 2.45) is 5.92 Å². The fourth-order valence-electron chi connectivity index (χ4n) is 4.87. The van der Waals surface area contributed by atoms with Crippen LogP contribution in [0.25, 0.3) is 0 Å². The summed E-state index contributed by atoms with van der Waals surface area (Å²) in [5.74, 6) is -1.16. The van der Waals surface area contributed by atoms with Crippen molar-refractivity contribution in [3.8, 4) is 0 Å². The highest BCUT2D eigenvalue weighted by Crippen LogP contribution is 2.31. The standard InChI is InChI=1S/C25H45N3O5/c1-7-27(8-2)18-22(30)28-16-13-25(14-17-28)19-33-23(31)20(3)21(29)10-12-24(4,32-6)11-9-15-26(25)5/h20H,7-19H2,1-6H3/t20?,24-/m1/s1. The molecule has 2 aliphatic heterocycles. The predicted molar refractivity (Wildman–Crippen MR) is 128 cm³/mol. The van der Waals surface area contributed by atoms with Crippen molar-refractivity contribution in [1.29, 1.82) is 0 Å². The Morgan fingerprint density at radius 2 is 1.76 bits per heavy atom. The molecule has 1 unspecified atom stereocenters. The number of nitrogens with zero attached hydrogens (tertiary/aromatic N) is 3. The molecule has 2 rings (SSSR count). The zero-order valence-corrected chi connectivity index (χ0v) is 21.7. The van der Waals surface area contributed by atoms with Crippen LogP contribution in [0.2, 0.25) is 0 Å². The van der Waals surface area contributed by atoms with Crippen molar-refractivity contribution in [2.75, 3.05) is 60.0 Å². The van der Waals surface area contributed by atoms with Gasteiger partial charge in [0.15, 0.2) is 0 Å². The summed E-state index contributed by atoms with van der Waals surface area (Å²) in [6, 6.07) is 0.